The molecule has 86 heavy (non-hydrogen) atoms. The Bertz CT molecular complexity index is 4980. The molecule has 398 valence electrons. The summed E-state index contributed by atoms with van der Waals surface area (Å²) in [5.74, 6) is 0. The Morgan fingerprint density at radius 3 is 1.09 bits per heavy atom. The van der Waals surface area contributed by atoms with Gasteiger partial charge in [0.15, 0.2) is 0 Å². The highest BCUT2D eigenvalue weighted by Crippen LogP contribution is 2.50. The summed E-state index contributed by atoms with van der Waals surface area (Å²) >= 11 is 1.93. The zero-order valence-electron chi connectivity index (χ0n) is 46.8. The number of para-hydroxylation sites is 4. The van der Waals surface area contributed by atoms with Crippen molar-refractivity contribution in [3.8, 4) is 44.5 Å². The van der Waals surface area contributed by atoms with Gasteiger partial charge in [-0.15, -0.1) is 0 Å². The molecule has 0 amide bonds. The molecule has 0 fully saturated rings. The van der Waals surface area contributed by atoms with Crippen molar-refractivity contribution in [1.29, 1.82) is 0 Å². The van der Waals surface area contributed by atoms with E-state index in [1.54, 1.807) is 0 Å². The van der Waals surface area contributed by atoms with E-state index in [-0.39, 0.29) is 13.4 Å². The van der Waals surface area contributed by atoms with Gasteiger partial charge in [0, 0.05) is 61.0 Å². The minimum absolute atomic E-state index is 0.0369. The van der Waals surface area contributed by atoms with E-state index in [4.69, 9.17) is 0 Å². The first-order valence-electron chi connectivity index (χ1n) is 29.8. The first-order valence-corrected chi connectivity index (χ1v) is 30.6. The maximum atomic E-state index is 2.63. The van der Waals surface area contributed by atoms with E-state index in [9.17, 15) is 0 Å². The lowest BCUT2D eigenvalue weighted by Crippen LogP contribution is -2.64. The summed E-state index contributed by atoms with van der Waals surface area (Å²) in [5.41, 5.74) is 28.3. The van der Waals surface area contributed by atoms with Crippen molar-refractivity contribution in [2.75, 3.05) is 14.7 Å². The van der Waals surface area contributed by atoms with E-state index >= 15 is 0 Å². The number of nitrogens with zero attached hydrogens (tertiary/aromatic N) is 3. The Balaban J connectivity index is 0.850. The van der Waals surface area contributed by atoms with Gasteiger partial charge in [-0.25, -0.2) is 0 Å². The van der Waals surface area contributed by atoms with E-state index < -0.39 is 0 Å². The zero-order chi connectivity index (χ0) is 56.4. The van der Waals surface area contributed by atoms with Gasteiger partial charge in [0.1, 0.15) is 0 Å². The zero-order valence-corrected chi connectivity index (χ0v) is 47.7. The van der Waals surface area contributed by atoms with Gasteiger partial charge in [-0.2, -0.15) is 0 Å². The molecule has 0 radical (unpaired) electrons. The lowest BCUT2D eigenvalue weighted by atomic mass is 9.31. The topological polar surface area (TPSA) is 9.72 Å². The van der Waals surface area contributed by atoms with Crippen LogP contribution in [-0.2, 0) is 0 Å². The maximum Gasteiger partial charge on any atom is 0.252 e. The van der Waals surface area contributed by atoms with Crippen LogP contribution < -0.4 is 47.5 Å². The van der Waals surface area contributed by atoms with Crippen molar-refractivity contribution in [3.63, 3.8) is 0 Å². The van der Waals surface area contributed by atoms with Crippen LogP contribution in [0.2, 0.25) is 0 Å². The Hall–Kier alpha value is -10.5. The van der Waals surface area contributed by atoms with Gasteiger partial charge in [-0.3, -0.25) is 0 Å². The summed E-state index contributed by atoms with van der Waals surface area (Å²) in [5, 5.41) is 5.01. The van der Waals surface area contributed by atoms with Gasteiger partial charge in [-0.05, 0) is 172 Å². The molecular formula is C80H51B2N3S. The smallest absolute Gasteiger partial charge is 0.252 e. The number of fused-ring (bicyclic) bond motifs is 10. The molecule has 0 aromatic heterocycles. The summed E-state index contributed by atoms with van der Waals surface area (Å²) in [4.78, 5) is 10.2. The molecule has 14 aromatic rings. The van der Waals surface area contributed by atoms with Crippen LogP contribution in [-0.4, -0.2) is 13.4 Å². The minimum atomic E-state index is -0.0507. The molecule has 4 heterocycles. The van der Waals surface area contributed by atoms with Crippen molar-refractivity contribution in [2.45, 2.75) is 9.79 Å². The highest BCUT2D eigenvalue weighted by molar-refractivity contribution is 8.00. The van der Waals surface area contributed by atoms with Gasteiger partial charge in [0.2, 0.25) is 6.71 Å². The monoisotopic (exact) mass is 1110 g/mol. The molecule has 0 saturated heterocycles. The third-order valence-electron chi connectivity index (χ3n) is 18.4. The standard InChI is InChI=1S/C80H51B2N3S/c1-6-24-52(25-7-1)56-46-72-79-73(47-56)85(59-32-14-5-15-33-59)71-51-75-68(50-67(71)81(79)65-38-20-22-40-69(65)83(72)58-30-12-4-13-31-58)82-66-39-21-23-41-70(66)84(74-48-57(49-76(86-75)80(74)82)53-26-8-2-9-27-53)60-44-42-55(43-45-60)78-63-36-18-16-34-61(63)77(54-28-10-3-11-29-54)62-35-17-19-37-64(62)78/h1-51H. The molecule has 0 atom stereocenters. The predicted octanol–water partition coefficient (Wildman–Crippen LogP) is 17.5. The van der Waals surface area contributed by atoms with Gasteiger partial charge in [0.05, 0.1) is 0 Å². The number of benzene rings is 14. The molecule has 6 heteroatoms. The molecule has 0 spiro atoms. The maximum absolute atomic E-state index is 2.63. The van der Waals surface area contributed by atoms with Crippen LogP contribution in [0.3, 0.4) is 0 Å². The highest BCUT2D eigenvalue weighted by atomic mass is 32.2. The average molecular weight is 1110 g/mol. The SMILES string of the molecule is c1ccc(-c2cc3c4c(c2)N(c2ccc(-c5c6ccccc6c(-c6ccccc6)c6ccccc56)cc2)c2ccccc2B4c2cc4c(cc2S3)N(c2ccccc2)c2cc(-c3ccccc3)cc3c2B4c2ccccc2N3c2ccccc2)cc1. The van der Waals surface area contributed by atoms with Crippen molar-refractivity contribution in [1.82, 2.24) is 0 Å². The van der Waals surface area contributed by atoms with Crippen LogP contribution in [0.5, 0.6) is 0 Å². The van der Waals surface area contributed by atoms with Crippen LogP contribution in [0.15, 0.2) is 319 Å². The number of hydrogen-bond donors (Lipinski definition) is 0. The Kier molecular flexibility index (Phi) is 11.1. The first-order chi connectivity index (χ1) is 42.7. The van der Waals surface area contributed by atoms with E-state index in [1.165, 1.54) is 143 Å². The fourth-order valence-corrected chi connectivity index (χ4v) is 16.1. The largest absolute Gasteiger partial charge is 0.311 e. The van der Waals surface area contributed by atoms with Crippen LogP contribution in [0.25, 0.3) is 66.1 Å². The molecule has 18 rings (SSSR count). The van der Waals surface area contributed by atoms with Crippen molar-refractivity contribution >= 4 is 131 Å². The second-order valence-corrected chi connectivity index (χ2v) is 24.1. The molecular weight excluding hydrogens is 1060 g/mol. The number of anilines is 9. The molecule has 4 aliphatic rings. The van der Waals surface area contributed by atoms with E-state index in [0.29, 0.717) is 0 Å². The van der Waals surface area contributed by atoms with E-state index in [0.717, 1.165) is 17.1 Å². The minimum Gasteiger partial charge on any atom is -0.311 e. The normalized spacial score (nSPS) is 13.2. The third kappa shape index (κ3) is 7.46. The second-order valence-electron chi connectivity index (χ2n) is 23.0. The van der Waals surface area contributed by atoms with Gasteiger partial charge >= 0.3 is 0 Å². The lowest BCUT2D eigenvalue weighted by Gasteiger charge is -2.45. The third-order valence-corrected chi connectivity index (χ3v) is 19.6. The van der Waals surface area contributed by atoms with Crippen LogP contribution in [0, 0.1) is 0 Å². The van der Waals surface area contributed by atoms with Crippen molar-refractivity contribution in [3.05, 3.63) is 309 Å². The van der Waals surface area contributed by atoms with Crippen molar-refractivity contribution in [2.24, 2.45) is 0 Å². The van der Waals surface area contributed by atoms with Crippen molar-refractivity contribution < 1.29 is 0 Å². The van der Waals surface area contributed by atoms with E-state index in [1.807, 2.05) is 11.8 Å². The quantitative estimate of drug-likeness (QED) is 0.116. The lowest BCUT2D eigenvalue weighted by molar-refractivity contribution is 1.24. The molecule has 0 aliphatic carbocycles. The second kappa shape index (κ2) is 19.5. The Morgan fingerprint density at radius 2 is 0.593 bits per heavy atom. The average Bonchev–Trinajstić information content (AvgIpc) is 0.727. The molecule has 0 N–H and O–H groups in total. The molecule has 4 aliphatic heterocycles. The summed E-state index contributed by atoms with van der Waals surface area (Å²) in [6, 6.07) is 116. The molecule has 0 unspecified atom stereocenters. The molecule has 0 saturated carbocycles. The first kappa shape index (κ1) is 49.0. The van der Waals surface area contributed by atoms with E-state index in [2.05, 4.69) is 324 Å². The fourth-order valence-electron chi connectivity index (χ4n) is 14.9. The summed E-state index contributed by atoms with van der Waals surface area (Å²) in [6.07, 6.45) is 0. The highest BCUT2D eigenvalue weighted by Gasteiger charge is 2.47. The van der Waals surface area contributed by atoms with Gasteiger partial charge in [0.25, 0.3) is 6.71 Å². The van der Waals surface area contributed by atoms with Gasteiger partial charge in [-0.1, -0.05) is 248 Å². The Morgan fingerprint density at radius 1 is 0.221 bits per heavy atom. The number of rotatable bonds is 7. The van der Waals surface area contributed by atoms with Gasteiger partial charge < -0.3 is 14.7 Å². The summed E-state index contributed by atoms with van der Waals surface area (Å²) < 4.78 is 0. The molecule has 0 bridgehead atoms. The molecule has 3 nitrogen and oxygen atoms in total. The van der Waals surface area contributed by atoms with Crippen LogP contribution in [0.4, 0.5) is 51.2 Å². The summed E-state index contributed by atoms with van der Waals surface area (Å²) in [7, 11) is 0. The fraction of sp³-hybridized carbons (Fsp3) is 0. The number of hydrogen-bond acceptors (Lipinski definition) is 4. The molecule has 14 aromatic carbocycles. The Labute approximate surface area is 505 Å². The summed E-state index contributed by atoms with van der Waals surface area (Å²) in [6.45, 7) is -0.0877. The predicted molar refractivity (Wildman–Crippen MR) is 367 cm³/mol. The van der Waals surface area contributed by atoms with Crippen LogP contribution >= 0.6 is 11.8 Å². The van der Waals surface area contributed by atoms with Crippen LogP contribution in [0.1, 0.15) is 0 Å².